The van der Waals surface area contributed by atoms with Gasteiger partial charge >= 0.3 is 5.97 Å². The van der Waals surface area contributed by atoms with E-state index in [1.165, 1.54) is 0 Å². The molecule has 6 heteroatoms. The number of rotatable bonds is 1. The van der Waals surface area contributed by atoms with Gasteiger partial charge in [0.05, 0.1) is 5.52 Å². The molecule has 13 heavy (non-hydrogen) atoms. The first-order valence-electron chi connectivity index (χ1n) is 3.42. The summed E-state index contributed by atoms with van der Waals surface area (Å²) in [5.74, 6) is -1.19. The summed E-state index contributed by atoms with van der Waals surface area (Å²) in [7, 11) is 0. The summed E-state index contributed by atoms with van der Waals surface area (Å²) < 4.78 is 0.628. The van der Waals surface area contributed by atoms with Gasteiger partial charge in [0.2, 0.25) is 5.82 Å². The number of hydrogen-bond donors (Lipinski definition) is 2. The summed E-state index contributed by atoms with van der Waals surface area (Å²) in [5, 5.41) is 8.62. The minimum absolute atomic E-state index is 0.0967. The van der Waals surface area contributed by atoms with Crippen molar-refractivity contribution in [3.05, 3.63) is 22.6 Å². The second kappa shape index (κ2) is 2.81. The Kier molecular flexibility index (Phi) is 1.77. The monoisotopic (exact) mass is 241 g/mol. The van der Waals surface area contributed by atoms with E-state index < -0.39 is 5.97 Å². The van der Waals surface area contributed by atoms with E-state index in [0.717, 1.165) is 0 Å². The fourth-order valence-electron chi connectivity index (χ4n) is 0.971. The molecule has 0 aliphatic heterocycles. The lowest BCUT2D eigenvalue weighted by Crippen LogP contribution is -1.97. The largest absolute Gasteiger partial charge is 0.475 e. The Bertz CT molecular complexity index is 480. The van der Waals surface area contributed by atoms with E-state index in [2.05, 4.69) is 30.9 Å². The maximum Gasteiger partial charge on any atom is 0.371 e. The van der Waals surface area contributed by atoms with Crippen molar-refractivity contribution >= 4 is 33.1 Å². The number of aromatic nitrogens is 3. The fourth-order valence-corrected chi connectivity index (χ4v) is 1.27. The molecule has 0 aliphatic rings. The SMILES string of the molecule is O=C(O)c1nc2nc(Br)ccc2[nH]1. The molecule has 0 unspecified atom stereocenters. The highest BCUT2D eigenvalue weighted by Crippen LogP contribution is 2.13. The van der Waals surface area contributed by atoms with Crippen LogP contribution in [0, 0.1) is 0 Å². The molecule has 0 atom stereocenters. The quantitative estimate of drug-likeness (QED) is 0.741. The van der Waals surface area contributed by atoms with Crippen LogP contribution in [0.2, 0.25) is 0 Å². The third-order valence-electron chi connectivity index (χ3n) is 1.51. The van der Waals surface area contributed by atoms with Crippen molar-refractivity contribution in [2.24, 2.45) is 0 Å². The lowest BCUT2D eigenvalue weighted by Gasteiger charge is -1.86. The fraction of sp³-hybridized carbons (Fsp3) is 0. The zero-order valence-corrected chi connectivity index (χ0v) is 7.87. The minimum atomic E-state index is -1.09. The van der Waals surface area contributed by atoms with Gasteiger partial charge in [0.25, 0.3) is 0 Å². The van der Waals surface area contributed by atoms with Crippen LogP contribution in [0.5, 0.6) is 0 Å². The second-order valence-corrected chi connectivity index (χ2v) is 3.21. The molecule has 0 bridgehead atoms. The molecule has 2 heterocycles. The first-order chi connectivity index (χ1) is 6.16. The van der Waals surface area contributed by atoms with Gasteiger partial charge in [0, 0.05) is 0 Å². The number of carboxylic acids is 1. The number of fused-ring (bicyclic) bond motifs is 1. The summed E-state index contributed by atoms with van der Waals surface area (Å²) >= 11 is 3.17. The van der Waals surface area contributed by atoms with Crippen molar-refractivity contribution in [3.63, 3.8) is 0 Å². The Morgan fingerprint density at radius 2 is 2.23 bits per heavy atom. The molecule has 66 valence electrons. The molecular weight excluding hydrogens is 238 g/mol. The predicted octanol–water partition coefficient (Wildman–Crippen LogP) is 1.42. The number of nitrogens with one attached hydrogen (secondary N) is 1. The standard InChI is InChI=1S/C7H4BrN3O2/c8-4-2-1-3-5(10-4)11-6(9-3)7(12)13/h1-2H,(H,12,13)(H,9,10,11). The summed E-state index contributed by atoms with van der Waals surface area (Å²) in [6.07, 6.45) is 0. The highest BCUT2D eigenvalue weighted by atomic mass is 79.9. The minimum Gasteiger partial charge on any atom is -0.475 e. The highest BCUT2D eigenvalue weighted by molar-refractivity contribution is 9.10. The van der Waals surface area contributed by atoms with E-state index in [1.807, 2.05) is 0 Å². The first-order valence-corrected chi connectivity index (χ1v) is 4.21. The number of hydrogen-bond acceptors (Lipinski definition) is 3. The van der Waals surface area contributed by atoms with E-state index in [-0.39, 0.29) is 5.82 Å². The molecule has 0 aromatic carbocycles. The Hall–Kier alpha value is -1.43. The van der Waals surface area contributed by atoms with Crippen molar-refractivity contribution in [1.29, 1.82) is 0 Å². The van der Waals surface area contributed by atoms with Crippen LogP contribution in [0.3, 0.4) is 0 Å². The maximum atomic E-state index is 10.5. The second-order valence-electron chi connectivity index (χ2n) is 2.40. The van der Waals surface area contributed by atoms with Crippen molar-refractivity contribution in [3.8, 4) is 0 Å². The van der Waals surface area contributed by atoms with Crippen LogP contribution in [-0.2, 0) is 0 Å². The molecule has 0 fully saturated rings. The Labute approximate surface area is 80.9 Å². The molecule has 0 radical (unpaired) electrons. The summed E-state index contributed by atoms with van der Waals surface area (Å²) in [5.41, 5.74) is 1.01. The molecule has 0 spiro atoms. The number of pyridine rings is 1. The topological polar surface area (TPSA) is 78.9 Å². The van der Waals surface area contributed by atoms with Gasteiger partial charge in [-0.25, -0.2) is 14.8 Å². The van der Waals surface area contributed by atoms with Crippen molar-refractivity contribution in [2.75, 3.05) is 0 Å². The van der Waals surface area contributed by atoms with Gasteiger partial charge in [-0.2, -0.15) is 0 Å². The lowest BCUT2D eigenvalue weighted by atomic mass is 10.4. The summed E-state index contributed by atoms with van der Waals surface area (Å²) in [6.45, 7) is 0. The van der Waals surface area contributed by atoms with Crippen LogP contribution in [0.1, 0.15) is 10.6 Å². The number of aromatic carboxylic acids is 1. The van der Waals surface area contributed by atoms with Crippen molar-refractivity contribution in [1.82, 2.24) is 15.0 Å². The van der Waals surface area contributed by atoms with E-state index in [0.29, 0.717) is 15.8 Å². The van der Waals surface area contributed by atoms with Crippen molar-refractivity contribution in [2.45, 2.75) is 0 Å². The number of aromatic amines is 1. The average molecular weight is 242 g/mol. The van der Waals surface area contributed by atoms with E-state index >= 15 is 0 Å². The number of imidazole rings is 1. The molecule has 2 aromatic rings. The molecule has 0 saturated carbocycles. The molecular formula is C7H4BrN3O2. The molecule has 2 aromatic heterocycles. The lowest BCUT2D eigenvalue weighted by molar-refractivity contribution is 0.0685. The summed E-state index contributed by atoms with van der Waals surface area (Å²) in [4.78, 5) is 20.9. The van der Waals surface area contributed by atoms with Gasteiger partial charge in [-0.15, -0.1) is 0 Å². The number of H-pyrrole nitrogens is 1. The Balaban J connectivity index is 2.68. The first kappa shape index (κ1) is 8.18. The molecule has 5 nitrogen and oxygen atoms in total. The van der Waals surface area contributed by atoms with Crippen LogP contribution in [-0.4, -0.2) is 26.0 Å². The van der Waals surface area contributed by atoms with E-state index in [1.54, 1.807) is 12.1 Å². The Morgan fingerprint density at radius 3 is 2.92 bits per heavy atom. The van der Waals surface area contributed by atoms with Gasteiger partial charge in [-0.1, -0.05) is 0 Å². The van der Waals surface area contributed by atoms with Crippen LogP contribution in [0.4, 0.5) is 0 Å². The normalized spacial score (nSPS) is 10.5. The number of carbonyl (C=O) groups is 1. The Morgan fingerprint density at radius 1 is 1.46 bits per heavy atom. The molecule has 0 aliphatic carbocycles. The molecule has 2 N–H and O–H groups in total. The van der Waals surface area contributed by atoms with Crippen molar-refractivity contribution < 1.29 is 9.90 Å². The van der Waals surface area contributed by atoms with Gasteiger partial charge in [0.15, 0.2) is 5.65 Å². The smallest absolute Gasteiger partial charge is 0.371 e. The average Bonchev–Trinajstić information content (AvgIpc) is 2.46. The van der Waals surface area contributed by atoms with Crippen LogP contribution in [0.15, 0.2) is 16.7 Å². The highest BCUT2D eigenvalue weighted by Gasteiger charge is 2.09. The number of carboxylic acid groups (broad SMARTS) is 1. The van der Waals surface area contributed by atoms with Crippen LogP contribution >= 0.6 is 15.9 Å². The molecule has 2 rings (SSSR count). The van der Waals surface area contributed by atoms with Crippen LogP contribution < -0.4 is 0 Å². The zero-order valence-electron chi connectivity index (χ0n) is 6.28. The number of nitrogens with zero attached hydrogens (tertiary/aromatic N) is 2. The third kappa shape index (κ3) is 1.40. The van der Waals surface area contributed by atoms with Gasteiger partial charge in [-0.3, -0.25) is 0 Å². The van der Waals surface area contributed by atoms with E-state index in [9.17, 15) is 4.79 Å². The zero-order chi connectivity index (χ0) is 9.42. The van der Waals surface area contributed by atoms with Crippen LogP contribution in [0.25, 0.3) is 11.2 Å². The molecule has 0 amide bonds. The summed E-state index contributed by atoms with van der Waals surface area (Å²) in [6, 6.07) is 3.43. The molecule has 0 saturated heterocycles. The maximum absolute atomic E-state index is 10.5. The van der Waals surface area contributed by atoms with Gasteiger partial charge in [0.1, 0.15) is 4.60 Å². The number of halogens is 1. The third-order valence-corrected chi connectivity index (χ3v) is 1.96. The van der Waals surface area contributed by atoms with Gasteiger partial charge < -0.3 is 10.1 Å². The van der Waals surface area contributed by atoms with Gasteiger partial charge in [-0.05, 0) is 28.1 Å². The van der Waals surface area contributed by atoms with E-state index in [4.69, 9.17) is 5.11 Å². The predicted molar refractivity (Wildman–Crippen MR) is 48.5 cm³/mol.